The van der Waals surface area contributed by atoms with Gasteiger partial charge in [0.05, 0.1) is 42.5 Å². The number of hydrogen-bond donors (Lipinski definition) is 4. The standard InChI is InChI=1S/C26H38ClN6O7P/c1-5-37-22-20-21(30-25(28)31-22)33(15-29-20)24-26(4,27)12-19(40-24)14-39-41(35,36)32-18(13-38-23(34)16(2)3)11-17-9-7-6-8-10-17/h6-10,15-16,18-19,24-25,30H,5,11-14,28H2,1-4H3,(H2,32,35,36)/t18-,19+,24-,25?,26-/m1/s1. The van der Waals surface area contributed by atoms with E-state index >= 15 is 0 Å². The molecule has 0 aliphatic carbocycles. The third-order valence-electron chi connectivity index (χ3n) is 6.54. The van der Waals surface area contributed by atoms with Gasteiger partial charge >= 0.3 is 13.7 Å². The lowest BCUT2D eigenvalue weighted by molar-refractivity contribution is -0.148. The van der Waals surface area contributed by atoms with Crippen LogP contribution in [-0.2, 0) is 34.5 Å². The Labute approximate surface area is 244 Å². The van der Waals surface area contributed by atoms with Crippen LogP contribution in [0.25, 0.3) is 0 Å². The minimum absolute atomic E-state index is 0.102. The zero-order valence-electron chi connectivity index (χ0n) is 23.5. The van der Waals surface area contributed by atoms with Gasteiger partial charge in [-0.15, -0.1) is 11.6 Å². The van der Waals surface area contributed by atoms with Crippen LogP contribution in [0.3, 0.4) is 0 Å². The number of halogens is 1. The number of imidazole rings is 1. The van der Waals surface area contributed by atoms with E-state index in [1.807, 2.05) is 44.2 Å². The molecule has 1 saturated heterocycles. The van der Waals surface area contributed by atoms with Gasteiger partial charge in [-0.2, -0.15) is 0 Å². The third-order valence-corrected chi connectivity index (χ3v) is 8.07. The first kappa shape index (κ1) is 31.4. The summed E-state index contributed by atoms with van der Waals surface area (Å²) in [6.45, 7) is 7.17. The molecule has 13 nitrogen and oxygen atoms in total. The molecule has 3 heterocycles. The molecule has 0 amide bonds. The topological polar surface area (TPSA) is 172 Å². The maximum Gasteiger partial charge on any atom is 0.403 e. The van der Waals surface area contributed by atoms with E-state index in [9.17, 15) is 14.3 Å². The van der Waals surface area contributed by atoms with Crippen LogP contribution in [0.5, 0.6) is 0 Å². The molecule has 0 radical (unpaired) electrons. The average Bonchev–Trinajstić information content (AvgIpc) is 3.45. The van der Waals surface area contributed by atoms with E-state index in [4.69, 9.17) is 36.1 Å². The van der Waals surface area contributed by atoms with Crippen molar-refractivity contribution in [3.8, 4) is 0 Å². The van der Waals surface area contributed by atoms with Gasteiger partial charge in [0.2, 0.25) is 5.90 Å². The Morgan fingerprint density at radius 1 is 1.39 bits per heavy atom. The van der Waals surface area contributed by atoms with Gasteiger partial charge in [-0.25, -0.2) is 19.6 Å². The molecule has 1 fully saturated rings. The van der Waals surface area contributed by atoms with Gasteiger partial charge in [0.25, 0.3) is 0 Å². The lowest BCUT2D eigenvalue weighted by atomic mass is 10.0. The monoisotopic (exact) mass is 612 g/mol. The summed E-state index contributed by atoms with van der Waals surface area (Å²) in [6, 6.07) is 8.71. The van der Waals surface area contributed by atoms with Crippen molar-refractivity contribution in [3.05, 3.63) is 47.9 Å². The molecule has 1 aromatic heterocycles. The number of carbonyl (C=O) groups is 1. The van der Waals surface area contributed by atoms with E-state index in [1.165, 1.54) is 0 Å². The third kappa shape index (κ3) is 8.07. The van der Waals surface area contributed by atoms with Crippen LogP contribution in [0.2, 0.25) is 0 Å². The number of alkyl halides is 1. The Balaban J connectivity index is 1.41. The van der Waals surface area contributed by atoms with Crippen molar-refractivity contribution in [2.24, 2.45) is 16.6 Å². The number of rotatable bonds is 12. The van der Waals surface area contributed by atoms with E-state index in [2.05, 4.69) is 20.4 Å². The number of nitrogens with one attached hydrogen (secondary N) is 2. The average molecular weight is 613 g/mol. The van der Waals surface area contributed by atoms with Crippen molar-refractivity contribution in [2.45, 2.75) is 70.1 Å². The second-order valence-corrected chi connectivity index (χ2v) is 12.9. The molecule has 0 spiro atoms. The summed E-state index contributed by atoms with van der Waals surface area (Å²) >= 11 is 6.87. The van der Waals surface area contributed by atoms with Crippen molar-refractivity contribution < 1.29 is 33.0 Å². The molecule has 2 aromatic rings. The summed E-state index contributed by atoms with van der Waals surface area (Å²) in [4.78, 5) is 30.5. The van der Waals surface area contributed by atoms with Crippen molar-refractivity contribution in [1.82, 2.24) is 14.6 Å². The minimum Gasteiger partial charge on any atom is -0.476 e. The Morgan fingerprint density at radius 3 is 2.80 bits per heavy atom. The van der Waals surface area contributed by atoms with Crippen LogP contribution in [0.4, 0.5) is 5.82 Å². The lowest BCUT2D eigenvalue weighted by Crippen LogP contribution is -2.36. The minimum atomic E-state index is -4.33. The van der Waals surface area contributed by atoms with Crippen LogP contribution in [-0.4, -0.2) is 69.4 Å². The SMILES string of the molecule is CCOC1=NC(N)Nc2c1ncn2[C@@H]1O[C@H](COP(=O)(O)N[C@@H](COC(=O)C(C)C)Cc2ccccc2)C[C@@]1(C)Cl. The Morgan fingerprint density at radius 2 is 2.12 bits per heavy atom. The van der Waals surface area contributed by atoms with Gasteiger partial charge in [0.15, 0.2) is 18.2 Å². The summed E-state index contributed by atoms with van der Waals surface area (Å²) in [6.07, 6.45) is 0.189. The van der Waals surface area contributed by atoms with Crippen molar-refractivity contribution in [1.29, 1.82) is 0 Å². The summed E-state index contributed by atoms with van der Waals surface area (Å²) < 4.78 is 37.4. The van der Waals surface area contributed by atoms with Gasteiger partial charge in [-0.3, -0.25) is 19.6 Å². The molecule has 41 heavy (non-hydrogen) atoms. The molecule has 15 heteroatoms. The van der Waals surface area contributed by atoms with E-state index in [0.717, 1.165) is 5.56 Å². The molecule has 226 valence electrons. The van der Waals surface area contributed by atoms with Gasteiger partial charge < -0.3 is 24.4 Å². The van der Waals surface area contributed by atoms with Crippen molar-refractivity contribution in [3.63, 3.8) is 0 Å². The normalized spacial score (nSPS) is 26.0. The molecule has 4 rings (SSSR count). The number of nitrogens with zero attached hydrogens (tertiary/aromatic N) is 3. The molecule has 0 bridgehead atoms. The number of anilines is 1. The van der Waals surface area contributed by atoms with E-state index < -0.39 is 43.3 Å². The predicted octanol–water partition coefficient (Wildman–Crippen LogP) is 3.14. The quantitative estimate of drug-likeness (QED) is 0.158. The smallest absolute Gasteiger partial charge is 0.403 e. The number of benzene rings is 1. The fourth-order valence-corrected chi connectivity index (χ4v) is 6.05. The van der Waals surface area contributed by atoms with Crippen LogP contribution in [0.15, 0.2) is 41.7 Å². The van der Waals surface area contributed by atoms with Crippen LogP contribution in [0, 0.1) is 5.92 Å². The number of nitrogens with two attached hydrogens (primary N) is 1. The second-order valence-electron chi connectivity index (χ2n) is 10.5. The number of esters is 1. The number of carbonyl (C=O) groups excluding carboxylic acids is 1. The highest BCUT2D eigenvalue weighted by atomic mass is 35.5. The zero-order valence-corrected chi connectivity index (χ0v) is 25.2. The number of hydrogen-bond acceptors (Lipinski definition) is 10. The molecule has 0 saturated carbocycles. The van der Waals surface area contributed by atoms with Crippen molar-refractivity contribution >= 4 is 37.0 Å². The second kappa shape index (κ2) is 13.2. The maximum absolute atomic E-state index is 13.1. The Kier molecular flexibility index (Phi) is 10.1. The first-order valence-corrected chi connectivity index (χ1v) is 15.4. The highest BCUT2D eigenvalue weighted by molar-refractivity contribution is 7.50. The molecule has 5 N–H and O–H groups in total. The Bertz CT molecular complexity index is 1270. The molecular formula is C26H38ClN6O7P. The summed E-state index contributed by atoms with van der Waals surface area (Å²) in [7, 11) is -4.33. The molecule has 2 aliphatic heterocycles. The summed E-state index contributed by atoms with van der Waals surface area (Å²) in [5.41, 5.74) is 7.41. The Hall–Kier alpha value is -2.51. The maximum atomic E-state index is 13.1. The van der Waals surface area contributed by atoms with Gasteiger partial charge in [0.1, 0.15) is 12.4 Å². The number of ether oxygens (including phenoxy) is 3. The molecule has 1 aromatic carbocycles. The van der Waals surface area contributed by atoms with Gasteiger partial charge in [-0.1, -0.05) is 44.2 Å². The van der Waals surface area contributed by atoms with E-state index in [-0.39, 0.29) is 19.1 Å². The predicted molar refractivity (Wildman–Crippen MR) is 153 cm³/mol. The van der Waals surface area contributed by atoms with Gasteiger partial charge in [0, 0.05) is 0 Å². The van der Waals surface area contributed by atoms with E-state index in [1.54, 1.807) is 24.7 Å². The largest absolute Gasteiger partial charge is 0.476 e. The highest BCUT2D eigenvalue weighted by Crippen LogP contribution is 2.47. The molecular weight excluding hydrogens is 575 g/mol. The van der Waals surface area contributed by atoms with E-state index in [0.29, 0.717) is 36.9 Å². The van der Waals surface area contributed by atoms with Crippen LogP contribution in [0.1, 0.15) is 51.6 Å². The molecule has 6 atom stereocenters. The summed E-state index contributed by atoms with van der Waals surface area (Å²) in [5, 5.41) is 5.70. The molecule has 2 unspecified atom stereocenters. The number of aromatic nitrogens is 2. The van der Waals surface area contributed by atoms with Crippen LogP contribution < -0.4 is 16.1 Å². The van der Waals surface area contributed by atoms with Crippen molar-refractivity contribution in [2.75, 3.05) is 25.1 Å². The van der Waals surface area contributed by atoms with Gasteiger partial charge in [-0.05, 0) is 32.3 Å². The fourth-order valence-electron chi connectivity index (χ4n) is 4.65. The summed E-state index contributed by atoms with van der Waals surface area (Å²) in [5.74, 6) is 0.135. The van der Waals surface area contributed by atoms with Crippen LogP contribution >= 0.6 is 19.3 Å². The highest BCUT2D eigenvalue weighted by Gasteiger charge is 2.47. The fraction of sp³-hybridized carbons (Fsp3) is 0.577. The first-order chi connectivity index (χ1) is 19.4. The zero-order chi connectivity index (χ0) is 29.8. The molecule has 2 aliphatic rings. The lowest BCUT2D eigenvalue weighted by Gasteiger charge is -2.28. The number of fused-ring (bicyclic) bond motifs is 1. The first-order valence-electron chi connectivity index (χ1n) is 13.5. The number of aliphatic imine (C=N–C) groups is 1.